The zero-order valence-corrected chi connectivity index (χ0v) is 10.6. The summed E-state index contributed by atoms with van der Waals surface area (Å²) in [6.07, 6.45) is 6.23. The maximum absolute atomic E-state index is 10.6. The van der Waals surface area contributed by atoms with E-state index < -0.39 is 0 Å². The molecule has 0 spiro atoms. The van der Waals surface area contributed by atoms with E-state index in [0.717, 1.165) is 30.2 Å². The Morgan fingerprint density at radius 2 is 2.25 bits per heavy atom. The first-order valence-corrected chi connectivity index (χ1v) is 7.00. The van der Waals surface area contributed by atoms with Crippen LogP contribution in [0.5, 0.6) is 0 Å². The molecule has 0 aliphatic carbocycles. The molecule has 0 N–H and O–H groups in total. The number of hydrogen-bond donors (Lipinski definition) is 0. The Morgan fingerprint density at radius 3 is 2.81 bits per heavy atom. The van der Waals surface area contributed by atoms with Gasteiger partial charge in [-0.1, -0.05) is 19.8 Å². The summed E-state index contributed by atoms with van der Waals surface area (Å²) in [7, 11) is 0. The minimum Gasteiger partial charge on any atom is -0.371 e. The monoisotopic (exact) mass is 237 g/mol. The minimum atomic E-state index is 0.839. The lowest BCUT2D eigenvalue weighted by molar-refractivity contribution is 0.112. The quantitative estimate of drug-likeness (QED) is 0.746. The van der Waals surface area contributed by atoms with Gasteiger partial charge in [-0.2, -0.15) is 0 Å². The fraction of sp³-hybridized carbons (Fsp3) is 0.615. The van der Waals surface area contributed by atoms with Gasteiger partial charge in [0.1, 0.15) is 0 Å². The van der Waals surface area contributed by atoms with E-state index in [2.05, 4.69) is 17.2 Å². The first-order chi connectivity index (χ1) is 7.83. The molecule has 0 radical (unpaired) electrons. The maximum Gasteiger partial charge on any atom is 0.160 e. The van der Waals surface area contributed by atoms with Crippen molar-refractivity contribution in [3.05, 3.63) is 16.3 Å². The van der Waals surface area contributed by atoms with E-state index in [9.17, 15) is 4.79 Å². The van der Waals surface area contributed by atoms with Crippen LogP contribution in [0.4, 0.5) is 5.69 Å². The van der Waals surface area contributed by atoms with Crippen molar-refractivity contribution in [1.29, 1.82) is 0 Å². The van der Waals surface area contributed by atoms with E-state index in [1.807, 2.05) is 6.07 Å². The topological polar surface area (TPSA) is 20.3 Å². The Balaban J connectivity index is 1.91. The number of rotatable bonds is 4. The summed E-state index contributed by atoms with van der Waals surface area (Å²) in [5.41, 5.74) is 1.24. The van der Waals surface area contributed by atoms with Crippen molar-refractivity contribution in [2.24, 2.45) is 5.92 Å². The lowest BCUT2D eigenvalue weighted by Gasteiger charge is -2.32. The second-order valence-electron chi connectivity index (χ2n) is 4.54. The van der Waals surface area contributed by atoms with Gasteiger partial charge in [-0.05, 0) is 24.8 Å². The van der Waals surface area contributed by atoms with Crippen molar-refractivity contribution < 1.29 is 4.79 Å². The highest BCUT2D eigenvalue weighted by molar-refractivity contribution is 7.12. The Labute approximate surface area is 101 Å². The number of aldehydes is 1. The van der Waals surface area contributed by atoms with Crippen molar-refractivity contribution in [2.45, 2.75) is 32.6 Å². The minimum absolute atomic E-state index is 0.839. The Kier molecular flexibility index (Phi) is 3.99. The number of thiophene rings is 1. The molecule has 0 atom stereocenters. The number of carbonyl (C=O) groups is 1. The Hall–Kier alpha value is -0.830. The molecule has 1 aromatic rings. The molecule has 0 unspecified atom stereocenters. The fourth-order valence-electron chi connectivity index (χ4n) is 2.46. The van der Waals surface area contributed by atoms with Crippen molar-refractivity contribution in [2.75, 3.05) is 18.0 Å². The molecule has 3 heteroatoms. The van der Waals surface area contributed by atoms with Crippen LogP contribution in [0.3, 0.4) is 0 Å². The molecule has 0 aromatic carbocycles. The highest BCUT2D eigenvalue weighted by Gasteiger charge is 2.19. The third kappa shape index (κ3) is 2.64. The van der Waals surface area contributed by atoms with Gasteiger partial charge in [-0.3, -0.25) is 4.79 Å². The molecule has 1 aliphatic rings. The van der Waals surface area contributed by atoms with Crippen LogP contribution in [0.25, 0.3) is 0 Å². The number of nitrogens with zero attached hydrogens (tertiary/aromatic N) is 1. The maximum atomic E-state index is 10.6. The molecule has 2 nitrogen and oxygen atoms in total. The van der Waals surface area contributed by atoms with Gasteiger partial charge in [-0.15, -0.1) is 11.3 Å². The van der Waals surface area contributed by atoms with Crippen molar-refractivity contribution in [3.63, 3.8) is 0 Å². The van der Waals surface area contributed by atoms with Crippen LogP contribution >= 0.6 is 11.3 Å². The zero-order chi connectivity index (χ0) is 11.4. The number of carbonyl (C=O) groups excluding carboxylic acids is 1. The van der Waals surface area contributed by atoms with Gasteiger partial charge in [0.25, 0.3) is 0 Å². The normalized spacial score (nSPS) is 17.7. The van der Waals surface area contributed by atoms with Gasteiger partial charge in [0, 0.05) is 24.2 Å². The van der Waals surface area contributed by atoms with E-state index in [1.165, 1.54) is 31.4 Å². The van der Waals surface area contributed by atoms with Crippen LogP contribution in [-0.4, -0.2) is 19.4 Å². The molecule has 1 saturated heterocycles. The van der Waals surface area contributed by atoms with Crippen LogP contribution in [-0.2, 0) is 0 Å². The number of hydrogen-bond acceptors (Lipinski definition) is 3. The van der Waals surface area contributed by atoms with Crippen molar-refractivity contribution in [1.82, 2.24) is 0 Å². The van der Waals surface area contributed by atoms with E-state index in [4.69, 9.17) is 0 Å². The van der Waals surface area contributed by atoms with Crippen molar-refractivity contribution >= 4 is 23.3 Å². The van der Waals surface area contributed by atoms with E-state index in [-0.39, 0.29) is 0 Å². The largest absolute Gasteiger partial charge is 0.371 e. The summed E-state index contributed by atoms with van der Waals surface area (Å²) in [4.78, 5) is 13.9. The van der Waals surface area contributed by atoms with Crippen LogP contribution in [0, 0.1) is 5.92 Å². The van der Waals surface area contributed by atoms with E-state index in [0.29, 0.717) is 0 Å². The summed E-state index contributed by atoms with van der Waals surface area (Å²) in [6.45, 7) is 4.57. The molecule has 2 heterocycles. The average Bonchev–Trinajstić information content (AvgIpc) is 2.79. The molecule has 2 rings (SSSR count). The molecule has 0 bridgehead atoms. The predicted molar refractivity (Wildman–Crippen MR) is 69.6 cm³/mol. The summed E-state index contributed by atoms with van der Waals surface area (Å²) in [6, 6.07) is 2.01. The predicted octanol–water partition coefficient (Wildman–Crippen LogP) is 3.58. The molecular weight excluding hydrogens is 218 g/mol. The molecular formula is C13H19NOS. The van der Waals surface area contributed by atoms with E-state index >= 15 is 0 Å². The molecule has 1 aliphatic heterocycles. The number of piperidine rings is 1. The van der Waals surface area contributed by atoms with Gasteiger partial charge < -0.3 is 4.90 Å². The summed E-state index contributed by atoms with van der Waals surface area (Å²) < 4.78 is 0. The average molecular weight is 237 g/mol. The van der Waals surface area contributed by atoms with Gasteiger partial charge in [-0.25, -0.2) is 0 Å². The zero-order valence-electron chi connectivity index (χ0n) is 9.82. The smallest absolute Gasteiger partial charge is 0.160 e. The summed E-state index contributed by atoms with van der Waals surface area (Å²) >= 11 is 1.54. The van der Waals surface area contributed by atoms with Crippen LogP contribution in [0.15, 0.2) is 11.4 Å². The SMILES string of the molecule is CCCC1CCN(c2csc(C=O)c2)CC1. The van der Waals surface area contributed by atoms with Gasteiger partial charge in [0.05, 0.1) is 4.88 Å². The third-order valence-corrected chi connectivity index (χ3v) is 4.24. The summed E-state index contributed by atoms with van der Waals surface area (Å²) in [5.74, 6) is 0.922. The van der Waals surface area contributed by atoms with Gasteiger partial charge >= 0.3 is 0 Å². The lowest BCUT2D eigenvalue weighted by atomic mass is 9.92. The van der Waals surface area contributed by atoms with Crippen LogP contribution in [0.2, 0.25) is 0 Å². The van der Waals surface area contributed by atoms with E-state index in [1.54, 1.807) is 11.3 Å². The first kappa shape index (κ1) is 11.6. The standard InChI is InChI=1S/C13H19NOS/c1-2-3-11-4-6-14(7-5-11)12-8-13(9-15)16-10-12/h8-11H,2-7H2,1H3. The third-order valence-electron chi connectivity index (χ3n) is 3.40. The van der Waals surface area contributed by atoms with Gasteiger partial charge in [0.2, 0.25) is 0 Å². The molecule has 1 fully saturated rings. The number of anilines is 1. The lowest BCUT2D eigenvalue weighted by Crippen LogP contribution is -2.33. The Bertz CT molecular complexity index is 339. The first-order valence-electron chi connectivity index (χ1n) is 6.12. The molecule has 1 aromatic heterocycles. The Morgan fingerprint density at radius 1 is 1.50 bits per heavy atom. The van der Waals surface area contributed by atoms with Crippen LogP contribution in [0.1, 0.15) is 42.3 Å². The van der Waals surface area contributed by atoms with Crippen molar-refractivity contribution in [3.8, 4) is 0 Å². The second kappa shape index (κ2) is 5.48. The van der Waals surface area contributed by atoms with Gasteiger partial charge in [0.15, 0.2) is 6.29 Å². The van der Waals surface area contributed by atoms with Crippen LogP contribution < -0.4 is 4.90 Å². The fourth-order valence-corrected chi connectivity index (χ4v) is 3.18. The molecule has 16 heavy (non-hydrogen) atoms. The second-order valence-corrected chi connectivity index (χ2v) is 5.49. The molecule has 88 valence electrons. The summed E-state index contributed by atoms with van der Waals surface area (Å²) in [5, 5.41) is 2.10. The molecule has 0 saturated carbocycles. The molecule has 0 amide bonds. The highest BCUT2D eigenvalue weighted by Crippen LogP contribution is 2.28. The highest BCUT2D eigenvalue weighted by atomic mass is 32.1.